The van der Waals surface area contributed by atoms with Crippen LogP contribution in [0.25, 0.3) is 0 Å². The zero-order chi connectivity index (χ0) is 14.3. The summed E-state index contributed by atoms with van der Waals surface area (Å²) in [6.45, 7) is 1.76. The van der Waals surface area contributed by atoms with E-state index in [1.807, 2.05) is 30.3 Å². The molecule has 1 aliphatic heterocycles. The summed E-state index contributed by atoms with van der Waals surface area (Å²) in [6.07, 6.45) is 0. The molecule has 0 saturated heterocycles. The molecule has 0 radical (unpaired) electrons. The molecule has 1 atom stereocenters. The van der Waals surface area contributed by atoms with Gasteiger partial charge in [-0.3, -0.25) is 0 Å². The van der Waals surface area contributed by atoms with Gasteiger partial charge in [-0.15, -0.1) is 0 Å². The maximum absolute atomic E-state index is 6.36. The SMILES string of the molecule is CN1Cc2c(Cl)cc(Cl)cc2[C@@H](c2ccccc2N)C1. The number of nitrogens with two attached hydrogens (primary N) is 1. The second-order valence-electron chi connectivity index (χ2n) is 5.33. The molecule has 104 valence electrons. The topological polar surface area (TPSA) is 29.3 Å². The third-order valence-corrected chi connectivity index (χ3v) is 4.42. The number of likely N-dealkylation sites (N-methyl/N-ethyl adjacent to an activating group) is 1. The van der Waals surface area contributed by atoms with Crippen molar-refractivity contribution >= 4 is 28.9 Å². The molecule has 0 amide bonds. The van der Waals surface area contributed by atoms with E-state index in [0.717, 1.165) is 34.9 Å². The fourth-order valence-electron chi connectivity index (χ4n) is 2.94. The Labute approximate surface area is 129 Å². The highest BCUT2D eigenvalue weighted by molar-refractivity contribution is 6.35. The zero-order valence-corrected chi connectivity index (χ0v) is 12.7. The Kier molecular flexibility index (Phi) is 3.63. The Morgan fingerprint density at radius 1 is 1.15 bits per heavy atom. The molecule has 4 heteroatoms. The lowest BCUT2D eigenvalue weighted by molar-refractivity contribution is 0.295. The number of rotatable bonds is 1. The Balaban J connectivity index is 2.18. The maximum Gasteiger partial charge on any atom is 0.0468 e. The summed E-state index contributed by atoms with van der Waals surface area (Å²) in [4.78, 5) is 2.26. The molecule has 1 aliphatic rings. The molecule has 20 heavy (non-hydrogen) atoms. The van der Waals surface area contributed by atoms with E-state index < -0.39 is 0 Å². The highest BCUT2D eigenvalue weighted by Crippen LogP contribution is 2.39. The molecule has 0 unspecified atom stereocenters. The molecule has 0 aromatic heterocycles. The second-order valence-corrected chi connectivity index (χ2v) is 6.18. The summed E-state index contributed by atoms with van der Waals surface area (Å²) >= 11 is 12.5. The molecule has 0 aliphatic carbocycles. The molecular formula is C16H16Cl2N2. The molecule has 0 fully saturated rings. The quantitative estimate of drug-likeness (QED) is 0.802. The number of hydrogen-bond acceptors (Lipinski definition) is 2. The van der Waals surface area contributed by atoms with Gasteiger partial charge in [0.15, 0.2) is 0 Å². The van der Waals surface area contributed by atoms with Gasteiger partial charge in [-0.1, -0.05) is 41.4 Å². The van der Waals surface area contributed by atoms with Crippen LogP contribution in [0.4, 0.5) is 5.69 Å². The molecule has 0 saturated carbocycles. The van der Waals surface area contributed by atoms with Crippen LogP contribution in [-0.2, 0) is 6.54 Å². The van der Waals surface area contributed by atoms with Gasteiger partial charge in [0.2, 0.25) is 0 Å². The van der Waals surface area contributed by atoms with Crippen molar-refractivity contribution in [2.75, 3.05) is 19.3 Å². The van der Waals surface area contributed by atoms with Gasteiger partial charge in [0.05, 0.1) is 0 Å². The zero-order valence-electron chi connectivity index (χ0n) is 11.2. The standard InChI is InChI=1S/C16H16Cl2N2/c1-20-8-13(11-4-2-3-5-16(11)19)12-6-10(17)7-15(18)14(12)9-20/h2-7,13H,8-9,19H2,1H3/t13-/m1/s1. The van der Waals surface area contributed by atoms with Crippen LogP contribution in [0.2, 0.25) is 10.0 Å². The first-order valence-corrected chi connectivity index (χ1v) is 7.32. The van der Waals surface area contributed by atoms with Gasteiger partial charge < -0.3 is 10.6 Å². The van der Waals surface area contributed by atoms with Gasteiger partial charge in [-0.2, -0.15) is 0 Å². The van der Waals surface area contributed by atoms with E-state index >= 15 is 0 Å². The van der Waals surface area contributed by atoms with Crippen molar-refractivity contribution in [2.24, 2.45) is 0 Å². The summed E-state index contributed by atoms with van der Waals surface area (Å²) in [5.74, 6) is 0.209. The van der Waals surface area contributed by atoms with Crippen molar-refractivity contribution in [1.29, 1.82) is 0 Å². The van der Waals surface area contributed by atoms with Crippen molar-refractivity contribution < 1.29 is 0 Å². The van der Waals surface area contributed by atoms with Crippen molar-refractivity contribution in [1.82, 2.24) is 4.90 Å². The van der Waals surface area contributed by atoms with E-state index in [9.17, 15) is 0 Å². The molecule has 2 N–H and O–H groups in total. The van der Waals surface area contributed by atoms with Crippen molar-refractivity contribution in [2.45, 2.75) is 12.5 Å². The van der Waals surface area contributed by atoms with Crippen LogP contribution in [0.3, 0.4) is 0 Å². The average Bonchev–Trinajstić information content (AvgIpc) is 2.40. The maximum atomic E-state index is 6.36. The Morgan fingerprint density at radius 2 is 1.90 bits per heavy atom. The van der Waals surface area contributed by atoms with Gasteiger partial charge >= 0.3 is 0 Å². The van der Waals surface area contributed by atoms with E-state index in [1.54, 1.807) is 0 Å². The summed E-state index contributed by atoms with van der Waals surface area (Å²) in [5.41, 5.74) is 10.4. The van der Waals surface area contributed by atoms with Crippen LogP contribution in [0.1, 0.15) is 22.6 Å². The number of anilines is 1. The number of para-hydroxylation sites is 1. The molecule has 1 heterocycles. The van der Waals surface area contributed by atoms with Crippen LogP contribution in [0.15, 0.2) is 36.4 Å². The minimum atomic E-state index is 0.209. The lowest BCUT2D eigenvalue weighted by Crippen LogP contribution is -2.31. The predicted molar refractivity (Wildman–Crippen MR) is 85.5 cm³/mol. The van der Waals surface area contributed by atoms with E-state index in [1.165, 1.54) is 5.56 Å². The molecule has 0 spiro atoms. The van der Waals surface area contributed by atoms with Gasteiger partial charge in [0, 0.05) is 34.7 Å². The Morgan fingerprint density at radius 3 is 2.65 bits per heavy atom. The lowest BCUT2D eigenvalue weighted by Gasteiger charge is -2.33. The van der Waals surface area contributed by atoms with Gasteiger partial charge in [-0.25, -0.2) is 0 Å². The predicted octanol–water partition coefficient (Wildman–Crippen LogP) is 4.15. The number of nitrogens with zero attached hydrogens (tertiary/aromatic N) is 1. The first kappa shape index (κ1) is 13.7. The highest BCUT2D eigenvalue weighted by atomic mass is 35.5. The van der Waals surface area contributed by atoms with Gasteiger partial charge in [0.25, 0.3) is 0 Å². The monoisotopic (exact) mass is 306 g/mol. The van der Waals surface area contributed by atoms with Gasteiger partial charge in [0.1, 0.15) is 0 Å². The number of hydrogen-bond donors (Lipinski definition) is 1. The third-order valence-electron chi connectivity index (χ3n) is 3.86. The number of nitrogen functional groups attached to an aromatic ring is 1. The fraction of sp³-hybridized carbons (Fsp3) is 0.250. The molecule has 2 aromatic rings. The van der Waals surface area contributed by atoms with Crippen LogP contribution in [0.5, 0.6) is 0 Å². The minimum Gasteiger partial charge on any atom is -0.398 e. The normalized spacial score (nSPS) is 18.9. The van der Waals surface area contributed by atoms with Crippen molar-refractivity contribution in [3.63, 3.8) is 0 Å². The number of halogens is 2. The van der Waals surface area contributed by atoms with Crippen molar-refractivity contribution in [3.05, 3.63) is 63.1 Å². The van der Waals surface area contributed by atoms with Crippen LogP contribution < -0.4 is 5.73 Å². The smallest absolute Gasteiger partial charge is 0.0468 e. The molecule has 0 bridgehead atoms. The third kappa shape index (κ3) is 2.39. The molecular weight excluding hydrogens is 291 g/mol. The Bertz CT molecular complexity index is 655. The number of benzene rings is 2. The van der Waals surface area contributed by atoms with Crippen LogP contribution in [-0.4, -0.2) is 18.5 Å². The fourth-order valence-corrected chi connectivity index (χ4v) is 3.51. The van der Waals surface area contributed by atoms with E-state index in [0.29, 0.717) is 5.02 Å². The summed E-state index contributed by atoms with van der Waals surface area (Å²) in [5, 5.41) is 1.41. The second kappa shape index (κ2) is 5.28. The molecule has 3 rings (SSSR count). The van der Waals surface area contributed by atoms with Crippen molar-refractivity contribution in [3.8, 4) is 0 Å². The minimum absolute atomic E-state index is 0.209. The van der Waals surface area contributed by atoms with E-state index in [-0.39, 0.29) is 5.92 Å². The largest absolute Gasteiger partial charge is 0.398 e. The first-order chi connectivity index (χ1) is 9.56. The van der Waals surface area contributed by atoms with Gasteiger partial charge in [-0.05, 0) is 41.9 Å². The van der Waals surface area contributed by atoms with Crippen LogP contribution >= 0.6 is 23.2 Å². The van der Waals surface area contributed by atoms with E-state index in [4.69, 9.17) is 28.9 Å². The summed E-state index contributed by atoms with van der Waals surface area (Å²) in [6, 6.07) is 11.8. The summed E-state index contributed by atoms with van der Waals surface area (Å²) < 4.78 is 0. The number of fused-ring (bicyclic) bond motifs is 1. The summed E-state index contributed by atoms with van der Waals surface area (Å²) in [7, 11) is 2.10. The molecule has 2 nitrogen and oxygen atoms in total. The van der Waals surface area contributed by atoms with E-state index in [2.05, 4.69) is 18.0 Å². The molecule has 2 aromatic carbocycles. The lowest BCUT2D eigenvalue weighted by atomic mass is 9.84. The van der Waals surface area contributed by atoms with Crippen LogP contribution in [0, 0.1) is 0 Å². The average molecular weight is 307 g/mol. The highest BCUT2D eigenvalue weighted by Gasteiger charge is 2.27. The first-order valence-electron chi connectivity index (χ1n) is 6.57. The Hall–Kier alpha value is -1.22.